The predicted octanol–water partition coefficient (Wildman–Crippen LogP) is 4.06. The first-order valence-electron chi connectivity index (χ1n) is 6.92. The van der Waals surface area contributed by atoms with E-state index in [2.05, 4.69) is 12.2 Å². The van der Waals surface area contributed by atoms with Crippen LogP contribution in [0.5, 0.6) is 5.75 Å². The molecule has 0 saturated carbocycles. The van der Waals surface area contributed by atoms with Crippen LogP contribution in [0.2, 0.25) is 0 Å². The second-order valence-electron chi connectivity index (χ2n) is 4.52. The van der Waals surface area contributed by atoms with Crippen LogP contribution in [0, 0.1) is 11.3 Å². The molecule has 22 heavy (non-hydrogen) atoms. The smallest absolute Gasteiger partial charge is 0.249 e. The molecule has 0 atom stereocenters. The summed E-state index contributed by atoms with van der Waals surface area (Å²) in [6.45, 7) is 2.75. The molecule has 0 spiro atoms. The number of anilines is 1. The number of carbonyl (C=O) groups is 1. The lowest BCUT2D eigenvalue weighted by Gasteiger charge is -2.04. The SMILES string of the molecule is CCCOc1ccc(/C=C\C(=O)Nc2sccc2C#N)cc1. The van der Waals surface area contributed by atoms with Crippen LogP contribution in [-0.4, -0.2) is 12.5 Å². The minimum atomic E-state index is -0.259. The van der Waals surface area contributed by atoms with E-state index < -0.39 is 0 Å². The molecule has 0 saturated heterocycles. The number of rotatable bonds is 6. The average Bonchev–Trinajstić information content (AvgIpc) is 2.99. The van der Waals surface area contributed by atoms with Gasteiger partial charge in [0.05, 0.1) is 12.2 Å². The maximum Gasteiger partial charge on any atom is 0.249 e. The van der Waals surface area contributed by atoms with E-state index in [0.717, 1.165) is 17.7 Å². The molecule has 0 aliphatic heterocycles. The minimum absolute atomic E-state index is 0.259. The zero-order chi connectivity index (χ0) is 15.8. The van der Waals surface area contributed by atoms with Crippen LogP contribution in [0.15, 0.2) is 41.8 Å². The first-order valence-corrected chi connectivity index (χ1v) is 7.80. The maximum absolute atomic E-state index is 11.8. The lowest BCUT2D eigenvalue weighted by atomic mass is 10.2. The molecule has 2 aromatic rings. The van der Waals surface area contributed by atoms with E-state index in [1.807, 2.05) is 30.3 Å². The molecule has 1 amide bonds. The molecule has 0 unspecified atom stereocenters. The Morgan fingerprint density at radius 2 is 2.14 bits per heavy atom. The maximum atomic E-state index is 11.8. The molecule has 112 valence electrons. The van der Waals surface area contributed by atoms with Crippen molar-refractivity contribution in [3.63, 3.8) is 0 Å². The number of ether oxygens (including phenoxy) is 1. The van der Waals surface area contributed by atoms with Gasteiger partial charge in [0.25, 0.3) is 0 Å². The topological polar surface area (TPSA) is 62.1 Å². The molecule has 5 heteroatoms. The summed E-state index contributed by atoms with van der Waals surface area (Å²) in [6.07, 6.45) is 4.14. The molecular weight excluding hydrogens is 296 g/mol. The van der Waals surface area contributed by atoms with Gasteiger partial charge in [0, 0.05) is 6.08 Å². The monoisotopic (exact) mass is 312 g/mol. The van der Waals surface area contributed by atoms with Gasteiger partial charge >= 0.3 is 0 Å². The van der Waals surface area contributed by atoms with Crippen LogP contribution in [0.25, 0.3) is 6.08 Å². The first kappa shape index (κ1) is 15.8. The quantitative estimate of drug-likeness (QED) is 0.818. The molecular formula is C17H16N2O2S. The van der Waals surface area contributed by atoms with Gasteiger partial charge in [-0.15, -0.1) is 11.3 Å². The van der Waals surface area contributed by atoms with Crippen LogP contribution in [0.3, 0.4) is 0 Å². The Bertz CT molecular complexity index is 696. The highest BCUT2D eigenvalue weighted by atomic mass is 32.1. The summed E-state index contributed by atoms with van der Waals surface area (Å²) in [5, 5.41) is 13.9. The van der Waals surface area contributed by atoms with Crippen LogP contribution < -0.4 is 10.1 Å². The van der Waals surface area contributed by atoms with Crippen molar-refractivity contribution < 1.29 is 9.53 Å². The van der Waals surface area contributed by atoms with Gasteiger partial charge in [-0.25, -0.2) is 0 Å². The van der Waals surface area contributed by atoms with Crippen LogP contribution in [0.1, 0.15) is 24.5 Å². The Morgan fingerprint density at radius 1 is 1.36 bits per heavy atom. The fraction of sp³-hybridized carbons (Fsp3) is 0.176. The van der Waals surface area contributed by atoms with E-state index in [1.165, 1.54) is 17.4 Å². The van der Waals surface area contributed by atoms with Gasteiger partial charge < -0.3 is 10.1 Å². The highest BCUT2D eigenvalue weighted by Gasteiger charge is 2.05. The summed E-state index contributed by atoms with van der Waals surface area (Å²) >= 11 is 1.33. The third-order valence-corrected chi connectivity index (χ3v) is 3.63. The standard InChI is InChI=1S/C17H16N2O2S/c1-2-10-21-15-6-3-13(4-7-15)5-8-16(20)19-17-14(12-18)9-11-22-17/h3-9,11H,2,10H2,1H3,(H,19,20)/b8-5-. The van der Waals surface area contributed by atoms with Crippen molar-refractivity contribution in [1.29, 1.82) is 5.26 Å². The van der Waals surface area contributed by atoms with E-state index in [9.17, 15) is 4.79 Å². The Labute approximate surface area is 133 Å². The third-order valence-electron chi connectivity index (χ3n) is 2.80. The van der Waals surface area contributed by atoms with E-state index in [0.29, 0.717) is 17.2 Å². The van der Waals surface area contributed by atoms with Crippen molar-refractivity contribution in [3.05, 3.63) is 52.9 Å². The zero-order valence-electron chi connectivity index (χ0n) is 12.2. The van der Waals surface area contributed by atoms with Crippen LogP contribution >= 0.6 is 11.3 Å². The summed E-state index contributed by atoms with van der Waals surface area (Å²) in [4.78, 5) is 11.8. The number of benzene rings is 1. The molecule has 0 radical (unpaired) electrons. The zero-order valence-corrected chi connectivity index (χ0v) is 13.0. The molecule has 1 N–H and O–H groups in total. The molecule has 2 rings (SSSR count). The fourth-order valence-electron chi connectivity index (χ4n) is 1.71. The molecule has 1 aromatic carbocycles. The van der Waals surface area contributed by atoms with Gasteiger partial charge in [0.1, 0.15) is 16.8 Å². The Morgan fingerprint density at radius 3 is 2.82 bits per heavy atom. The van der Waals surface area contributed by atoms with E-state index >= 15 is 0 Å². The highest BCUT2D eigenvalue weighted by Crippen LogP contribution is 2.22. The van der Waals surface area contributed by atoms with Gasteiger partial charge in [-0.2, -0.15) is 5.26 Å². The number of amides is 1. The highest BCUT2D eigenvalue weighted by molar-refractivity contribution is 7.14. The van der Waals surface area contributed by atoms with Crippen molar-refractivity contribution in [2.75, 3.05) is 11.9 Å². The summed E-state index contributed by atoms with van der Waals surface area (Å²) in [5.41, 5.74) is 1.38. The van der Waals surface area contributed by atoms with Gasteiger partial charge in [-0.1, -0.05) is 19.1 Å². The molecule has 0 aliphatic carbocycles. The fourth-order valence-corrected chi connectivity index (χ4v) is 2.46. The number of nitrogens with zero attached hydrogens (tertiary/aromatic N) is 1. The first-order chi connectivity index (χ1) is 10.7. The normalized spacial score (nSPS) is 10.4. The molecule has 0 bridgehead atoms. The third kappa shape index (κ3) is 4.47. The Balaban J connectivity index is 1.93. The van der Waals surface area contributed by atoms with Crippen LogP contribution in [0.4, 0.5) is 5.00 Å². The van der Waals surface area contributed by atoms with Gasteiger partial charge in [-0.3, -0.25) is 4.79 Å². The number of thiophene rings is 1. The molecule has 4 nitrogen and oxygen atoms in total. The van der Waals surface area contributed by atoms with E-state index in [4.69, 9.17) is 10.00 Å². The molecule has 0 aliphatic rings. The van der Waals surface area contributed by atoms with Crippen molar-refractivity contribution in [1.82, 2.24) is 0 Å². The average molecular weight is 312 g/mol. The molecule has 1 heterocycles. The minimum Gasteiger partial charge on any atom is -0.494 e. The van der Waals surface area contributed by atoms with Gasteiger partial charge in [-0.05, 0) is 41.6 Å². The summed E-state index contributed by atoms with van der Waals surface area (Å²) in [6, 6.07) is 11.2. The Kier molecular flexibility index (Phi) is 5.75. The van der Waals surface area contributed by atoms with E-state index in [-0.39, 0.29) is 5.91 Å². The van der Waals surface area contributed by atoms with Crippen molar-refractivity contribution in [2.45, 2.75) is 13.3 Å². The van der Waals surface area contributed by atoms with Gasteiger partial charge in [0.2, 0.25) is 5.91 Å². The second kappa shape index (κ2) is 8.01. The molecule has 1 aromatic heterocycles. The summed E-state index contributed by atoms with van der Waals surface area (Å²) < 4.78 is 5.50. The number of nitriles is 1. The van der Waals surface area contributed by atoms with E-state index in [1.54, 1.807) is 17.5 Å². The number of nitrogens with one attached hydrogen (secondary N) is 1. The predicted molar refractivity (Wildman–Crippen MR) is 88.9 cm³/mol. The number of hydrogen-bond acceptors (Lipinski definition) is 4. The number of hydrogen-bond donors (Lipinski definition) is 1. The van der Waals surface area contributed by atoms with Crippen LogP contribution in [-0.2, 0) is 4.79 Å². The van der Waals surface area contributed by atoms with Crippen molar-refractivity contribution >= 4 is 28.3 Å². The molecule has 0 fully saturated rings. The van der Waals surface area contributed by atoms with Gasteiger partial charge in [0.15, 0.2) is 0 Å². The van der Waals surface area contributed by atoms with Crippen molar-refractivity contribution in [3.8, 4) is 11.8 Å². The lowest BCUT2D eigenvalue weighted by Crippen LogP contribution is -2.07. The number of carbonyl (C=O) groups excluding carboxylic acids is 1. The van der Waals surface area contributed by atoms with Crippen molar-refractivity contribution in [2.24, 2.45) is 0 Å². The second-order valence-corrected chi connectivity index (χ2v) is 5.43. The lowest BCUT2D eigenvalue weighted by molar-refractivity contribution is -0.111. The summed E-state index contributed by atoms with van der Waals surface area (Å²) in [5.74, 6) is 0.561. The summed E-state index contributed by atoms with van der Waals surface area (Å²) in [7, 11) is 0. The Hall–Kier alpha value is -2.58. The largest absolute Gasteiger partial charge is 0.494 e.